The van der Waals surface area contributed by atoms with E-state index in [-0.39, 0.29) is 11.7 Å². The summed E-state index contributed by atoms with van der Waals surface area (Å²) in [5.41, 5.74) is 3.24. The fourth-order valence-electron chi connectivity index (χ4n) is 2.66. The highest BCUT2D eigenvalue weighted by Crippen LogP contribution is 2.29. The van der Waals surface area contributed by atoms with Crippen molar-refractivity contribution >= 4 is 55.7 Å². The number of fused-ring (bicyclic) bond motifs is 1. The summed E-state index contributed by atoms with van der Waals surface area (Å²) in [6, 6.07) is 8.20. The van der Waals surface area contributed by atoms with Crippen molar-refractivity contribution in [2.75, 3.05) is 11.1 Å². The van der Waals surface area contributed by atoms with Gasteiger partial charge in [-0.05, 0) is 52.9 Å². The smallest absolute Gasteiger partial charge is 0.236 e. The molecule has 0 aliphatic rings. The first-order chi connectivity index (χ1) is 13.1. The van der Waals surface area contributed by atoms with Gasteiger partial charge < -0.3 is 5.32 Å². The van der Waals surface area contributed by atoms with Crippen molar-refractivity contribution in [3.63, 3.8) is 0 Å². The molecule has 4 aromatic rings. The number of benzene rings is 1. The van der Waals surface area contributed by atoms with Gasteiger partial charge in [0.05, 0.1) is 22.5 Å². The summed E-state index contributed by atoms with van der Waals surface area (Å²) in [4.78, 5) is 18.0. The van der Waals surface area contributed by atoms with E-state index in [1.807, 2.05) is 24.4 Å². The Labute approximate surface area is 167 Å². The standard InChI is InChI=1S/C17H16N6OS3/c1-10-6-11(2)15-13(7-10)27-16(19-15)18-14(24)9-26-17-20-21-22-23(17)8-12-4-3-5-25-12/h3-7H,8-9H2,1-2H3,(H,18,19,24). The van der Waals surface area contributed by atoms with Crippen molar-refractivity contribution in [3.05, 3.63) is 45.6 Å². The second-order valence-electron chi connectivity index (χ2n) is 5.98. The molecule has 0 fully saturated rings. The van der Waals surface area contributed by atoms with E-state index in [0.717, 1.165) is 20.7 Å². The highest BCUT2D eigenvalue weighted by atomic mass is 32.2. The fraction of sp³-hybridized carbons (Fsp3) is 0.235. The number of thioether (sulfide) groups is 1. The maximum absolute atomic E-state index is 12.3. The normalized spacial score (nSPS) is 11.2. The second kappa shape index (κ2) is 7.75. The Morgan fingerprint density at radius 3 is 3.04 bits per heavy atom. The lowest BCUT2D eigenvalue weighted by molar-refractivity contribution is -0.113. The summed E-state index contributed by atoms with van der Waals surface area (Å²) >= 11 is 4.45. The number of rotatable bonds is 6. The molecular weight excluding hydrogens is 400 g/mol. The Morgan fingerprint density at radius 2 is 2.22 bits per heavy atom. The summed E-state index contributed by atoms with van der Waals surface area (Å²) in [6.45, 7) is 4.69. The molecule has 138 valence electrons. The number of nitrogens with one attached hydrogen (secondary N) is 1. The summed E-state index contributed by atoms with van der Waals surface area (Å²) < 4.78 is 2.78. The van der Waals surface area contributed by atoms with Gasteiger partial charge in [0.25, 0.3) is 0 Å². The predicted molar refractivity (Wildman–Crippen MR) is 110 cm³/mol. The largest absolute Gasteiger partial charge is 0.301 e. The van der Waals surface area contributed by atoms with Crippen molar-refractivity contribution in [1.29, 1.82) is 0 Å². The number of thiophene rings is 1. The Hall–Kier alpha value is -2.30. The first-order valence-electron chi connectivity index (χ1n) is 8.17. The predicted octanol–water partition coefficient (Wildman–Crippen LogP) is 3.74. The van der Waals surface area contributed by atoms with Gasteiger partial charge in [-0.1, -0.05) is 35.2 Å². The molecule has 3 heterocycles. The molecule has 0 saturated carbocycles. The lowest BCUT2D eigenvalue weighted by atomic mass is 10.1. The molecule has 1 aromatic carbocycles. The van der Waals surface area contributed by atoms with Gasteiger partial charge in [-0.15, -0.1) is 16.4 Å². The molecule has 27 heavy (non-hydrogen) atoms. The molecule has 0 atom stereocenters. The van der Waals surface area contributed by atoms with Crippen LogP contribution in [0.1, 0.15) is 16.0 Å². The maximum atomic E-state index is 12.3. The number of nitrogens with zero attached hydrogens (tertiary/aromatic N) is 5. The zero-order chi connectivity index (χ0) is 18.8. The average Bonchev–Trinajstić information content (AvgIpc) is 3.34. The van der Waals surface area contributed by atoms with Crippen LogP contribution in [0.25, 0.3) is 10.2 Å². The van der Waals surface area contributed by atoms with E-state index in [0.29, 0.717) is 16.8 Å². The zero-order valence-electron chi connectivity index (χ0n) is 14.7. The highest BCUT2D eigenvalue weighted by molar-refractivity contribution is 7.99. The van der Waals surface area contributed by atoms with Crippen LogP contribution in [0.3, 0.4) is 0 Å². The molecule has 0 saturated heterocycles. The fourth-order valence-corrected chi connectivity index (χ4v) is 5.08. The van der Waals surface area contributed by atoms with E-state index in [1.54, 1.807) is 16.0 Å². The molecule has 0 unspecified atom stereocenters. The van der Waals surface area contributed by atoms with Gasteiger partial charge in [-0.2, -0.15) is 0 Å². The van der Waals surface area contributed by atoms with Crippen LogP contribution >= 0.6 is 34.4 Å². The zero-order valence-corrected chi connectivity index (χ0v) is 17.1. The molecule has 0 bridgehead atoms. The quantitative estimate of drug-likeness (QED) is 0.482. The molecule has 3 aromatic heterocycles. The SMILES string of the molecule is Cc1cc(C)c2nc(NC(=O)CSc3nnnn3Cc3cccs3)sc2c1. The van der Waals surface area contributed by atoms with E-state index in [4.69, 9.17) is 0 Å². The third-order valence-electron chi connectivity index (χ3n) is 3.79. The first-order valence-corrected chi connectivity index (χ1v) is 10.9. The Balaban J connectivity index is 1.39. The number of carbonyl (C=O) groups is 1. The van der Waals surface area contributed by atoms with Crippen LogP contribution in [0.5, 0.6) is 0 Å². The Morgan fingerprint density at radius 1 is 1.33 bits per heavy atom. The number of tetrazole rings is 1. The lowest BCUT2D eigenvalue weighted by Gasteiger charge is -2.03. The van der Waals surface area contributed by atoms with E-state index < -0.39 is 0 Å². The Kier molecular flexibility index (Phi) is 5.19. The monoisotopic (exact) mass is 416 g/mol. The molecule has 1 N–H and O–H groups in total. The van der Waals surface area contributed by atoms with Gasteiger partial charge in [-0.25, -0.2) is 9.67 Å². The number of amides is 1. The molecule has 0 aliphatic carbocycles. The van der Waals surface area contributed by atoms with E-state index in [1.165, 1.54) is 28.7 Å². The number of anilines is 1. The number of hydrogen-bond donors (Lipinski definition) is 1. The summed E-state index contributed by atoms with van der Waals surface area (Å²) in [5.74, 6) is 0.0952. The van der Waals surface area contributed by atoms with Gasteiger partial charge in [0.2, 0.25) is 11.1 Å². The molecule has 0 spiro atoms. The van der Waals surface area contributed by atoms with Crippen LogP contribution in [-0.2, 0) is 11.3 Å². The van der Waals surface area contributed by atoms with Gasteiger partial charge in [0, 0.05) is 4.88 Å². The summed E-state index contributed by atoms with van der Waals surface area (Å²) in [6.07, 6.45) is 0. The number of aromatic nitrogens is 5. The third kappa shape index (κ3) is 4.18. The molecule has 10 heteroatoms. The molecule has 4 rings (SSSR count). The number of hydrogen-bond acceptors (Lipinski definition) is 8. The highest BCUT2D eigenvalue weighted by Gasteiger charge is 2.13. The van der Waals surface area contributed by atoms with Crippen molar-refractivity contribution < 1.29 is 4.79 Å². The number of thiazole rings is 1. The van der Waals surface area contributed by atoms with E-state index in [2.05, 4.69) is 44.9 Å². The second-order valence-corrected chi connectivity index (χ2v) is 8.99. The van der Waals surface area contributed by atoms with Crippen LogP contribution in [0.15, 0.2) is 34.8 Å². The molecule has 1 amide bonds. The summed E-state index contributed by atoms with van der Waals surface area (Å²) in [7, 11) is 0. The topological polar surface area (TPSA) is 85.6 Å². The third-order valence-corrected chi connectivity index (χ3v) is 6.53. The molecular formula is C17H16N6OS3. The lowest BCUT2D eigenvalue weighted by Crippen LogP contribution is -2.14. The number of carbonyl (C=O) groups excluding carboxylic acids is 1. The van der Waals surface area contributed by atoms with Crippen LogP contribution in [-0.4, -0.2) is 36.9 Å². The van der Waals surface area contributed by atoms with Crippen LogP contribution in [0, 0.1) is 13.8 Å². The molecule has 0 aliphatic heterocycles. The first kappa shape index (κ1) is 18.1. The minimum absolute atomic E-state index is 0.126. The summed E-state index contributed by atoms with van der Waals surface area (Å²) in [5, 5.41) is 17.8. The van der Waals surface area contributed by atoms with Crippen LogP contribution < -0.4 is 5.32 Å². The van der Waals surface area contributed by atoms with Crippen molar-refractivity contribution in [2.45, 2.75) is 25.5 Å². The average molecular weight is 417 g/mol. The van der Waals surface area contributed by atoms with Crippen molar-refractivity contribution in [1.82, 2.24) is 25.2 Å². The van der Waals surface area contributed by atoms with Gasteiger partial charge in [0.15, 0.2) is 5.13 Å². The molecule has 0 radical (unpaired) electrons. The minimum atomic E-state index is -0.126. The molecule has 7 nitrogen and oxygen atoms in total. The van der Waals surface area contributed by atoms with Crippen LogP contribution in [0.2, 0.25) is 0 Å². The van der Waals surface area contributed by atoms with Gasteiger partial charge in [0.1, 0.15) is 0 Å². The number of aryl methyl sites for hydroxylation is 2. The van der Waals surface area contributed by atoms with Crippen molar-refractivity contribution in [2.24, 2.45) is 0 Å². The van der Waals surface area contributed by atoms with Crippen LogP contribution in [0.4, 0.5) is 5.13 Å². The van der Waals surface area contributed by atoms with Crippen molar-refractivity contribution in [3.8, 4) is 0 Å². The van der Waals surface area contributed by atoms with E-state index in [9.17, 15) is 4.79 Å². The Bertz CT molecular complexity index is 1090. The van der Waals surface area contributed by atoms with Gasteiger partial charge in [-0.3, -0.25) is 4.79 Å². The van der Waals surface area contributed by atoms with E-state index >= 15 is 0 Å². The minimum Gasteiger partial charge on any atom is -0.301 e. The maximum Gasteiger partial charge on any atom is 0.236 e. The van der Waals surface area contributed by atoms with Gasteiger partial charge >= 0.3 is 0 Å².